The zero-order valence-corrected chi connectivity index (χ0v) is 38.5. The molecule has 3 heterocycles. The van der Waals surface area contributed by atoms with Crippen LogP contribution in [0.5, 0.6) is 0 Å². The number of nitrogens with two attached hydrogens (primary N) is 1. The number of aliphatic hydroxyl groups is 9. The van der Waals surface area contributed by atoms with Crippen LogP contribution in [0.3, 0.4) is 0 Å². The van der Waals surface area contributed by atoms with Crippen molar-refractivity contribution in [1.82, 2.24) is 0 Å². The van der Waals surface area contributed by atoms with Gasteiger partial charge in [0.25, 0.3) is 0 Å². The highest BCUT2D eigenvalue weighted by Gasteiger charge is 2.52. The van der Waals surface area contributed by atoms with Crippen LogP contribution in [0, 0.1) is 17.8 Å². The highest BCUT2D eigenvalue weighted by Crippen LogP contribution is 2.40. The van der Waals surface area contributed by atoms with Crippen LogP contribution in [0.1, 0.15) is 79.1 Å². The molecule has 0 amide bonds. The van der Waals surface area contributed by atoms with Gasteiger partial charge in [-0.15, -0.1) is 0 Å². The van der Waals surface area contributed by atoms with Crippen molar-refractivity contribution in [2.45, 2.75) is 177 Å². The molecule has 0 aromatic rings. The first-order valence-corrected chi connectivity index (χ1v) is 22.7. The number of carbonyl (C=O) groups is 2. The third-order valence-electron chi connectivity index (χ3n) is 12.4. The van der Waals surface area contributed by atoms with Gasteiger partial charge in [0.05, 0.1) is 79.6 Å². The van der Waals surface area contributed by atoms with Gasteiger partial charge in [-0.05, 0) is 33.1 Å². The Balaban J connectivity index is 1.89. The Morgan fingerprint density at radius 3 is 1.82 bits per heavy atom. The molecular weight excluding hydrogens is 863 g/mol. The van der Waals surface area contributed by atoms with E-state index < -0.39 is 141 Å². The first-order valence-electron chi connectivity index (χ1n) is 22.7. The van der Waals surface area contributed by atoms with Crippen molar-refractivity contribution in [1.29, 1.82) is 0 Å². The molecule has 0 radical (unpaired) electrons. The Morgan fingerprint density at radius 1 is 0.667 bits per heavy atom. The first kappa shape index (κ1) is 56.9. The fourth-order valence-corrected chi connectivity index (χ4v) is 8.16. The van der Waals surface area contributed by atoms with Gasteiger partial charge in [-0.2, -0.15) is 0 Å². The highest BCUT2D eigenvalue weighted by molar-refractivity contribution is 5.71. The molecule has 0 unspecified atom stereocenters. The van der Waals surface area contributed by atoms with Crippen molar-refractivity contribution in [2.75, 3.05) is 7.11 Å². The normalized spacial score (nSPS) is 41.6. The number of fused-ring (bicyclic) bond motifs is 2. The maximum Gasteiger partial charge on any atom is 0.311 e. The van der Waals surface area contributed by atoms with Crippen LogP contribution >= 0.6 is 0 Å². The summed E-state index contributed by atoms with van der Waals surface area (Å²) in [5.74, 6) is -6.12. The molecule has 12 N–H and O–H groups in total. The Labute approximate surface area is 387 Å². The standard InChI is InChI=1S/C48H75NO17/c1-28-18-16-14-12-10-8-6-7-9-11-13-15-17-19-35(65-47-45(59)42(49)44(58)31(4)64-47)25-39-41(46(60)61)38(55)27-48(62-5,66-39)26-34(52)23-37(54)36(53)21-20-32(50)22-33(51)24-40(56)63-30(3)29(2)43(28)57/h6-19,28-39,41-45,47,50-55,57-59H,20-27,49H2,1-5H3,(H,60,61)/t28-,29-,30-,31+,32+,33+,34-,35-,36+,37+,38-,39-,41+,42-,43+,44+,45-,47-,48+/m0/s1. The third-order valence-corrected chi connectivity index (χ3v) is 12.4. The molecular formula is C48H75NO17. The van der Waals surface area contributed by atoms with Crippen LogP contribution in [-0.2, 0) is 33.3 Å². The van der Waals surface area contributed by atoms with Crippen molar-refractivity contribution in [3.05, 3.63) is 85.1 Å². The molecule has 18 nitrogen and oxygen atoms in total. The van der Waals surface area contributed by atoms with E-state index in [9.17, 15) is 60.7 Å². The zero-order valence-electron chi connectivity index (χ0n) is 38.5. The molecule has 3 rings (SSSR count). The molecule has 2 fully saturated rings. The molecule has 0 aromatic heterocycles. The van der Waals surface area contributed by atoms with Crippen LogP contribution in [0.15, 0.2) is 85.1 Å². The van der Waals surface area contributed by atoms with Gasteiger partial charge in [0.2, 0.25) is 0 Å². The summed E-state index contributed by atoms with van der Waals surface area (Å²) in [5, 5.41) is 108. The molecule has 66 heavy (non-hydrogen) atoms. The zero-order chi connectivity index (χ0) is 49.1. The molecule has 18 heteroatoms. The Kier molecular flexibility index (Phi) is 24.3. The number of aliphatic hydroxyl groups excluding tert-OH is 9. The predicted octanol–water partition coefficient (Wildman–Crippen LogP) is 1.37. The second kappa shape index (κ2) is 28.1. The maximum atomic E-state index is 12.6. The lowest BCUT2D eigenvalue weighted by atomic mass is 9.82. The van der Waals surface area contributed by atoms with Gasteiger partial charge in [0.15, 0.2) is 12.1 Å². The number of carboxylic acid groups (broad SMARTS) is 1. The number of aliphatic carboxylic acids is 1. The summed E-state index contributed by atoms with van der Waals surface area (Å²) in [6.07, 6.45) is 5.15. The number of hydrogen-bond acceptors (Lipinski definition) is 17. The molecule has 3 aliphatic heterocycles. The topological polar surface area (TPSA) is 309 Å². The number of cyclic esters (lactones) is 1. The van der Waals surface area contributed by atoms with Crippen LogP contribution in [0.2, 0.25) is 0 Å². The first-order chi connectivity index (χ1) is 31.2. The van der Waals surface area contributed by atoms with Gasteiger partial charge in [-0.3, -0.25) is 9.59 Å². The molecule has 2 saturated heterocycles. The Hall–Kier alpha value is -3.44. The number of allylic oxidation sites excluding steroid dienone is 12. The fourth-order valence-electron chi connectivity index (χ4n) is 8.16. The van der Waals surface area contributed by atoms with Crippen molar-refractivity contribution in [3.8, 4) is 0 Å². The molecule has 0 aliphatic carbocycles. The molecule has 0 spiro atoms. The largest absolute Gasteiger partial charge is 0.481 e. The van der Waals surface area contributed by atoms with E-state index in [4.69, 9.17) is 29.4 Å². The van der Waals surface area contributed by atoms with E-state index in [1.54, 1.807) is 75.5 Å². The average Bonchev–Trinajstić information content (AvgIpc) is 3.24. The van der Waals surface area contributed by atoms with E-state index in [1.165, 1.54) is 7.11 Å². The minimum Gasteiger partial charge on any atom is -0.481 e. The van der Waals surface area contributed by atoms with Crippen molar-refractivity contribution in [2.24, 2.45) is 23.5 Å². The lowest BCUT2D eigenvalue weighted by Crippen LogP contribution is -2.61. The van der Waals surface area contributed by atoms with Gasteiger partial charge < -0.3 is 80.5 Å². The van der Waals surface area contributed by atoms with Crippen LogP contribution < -0.4 is 5.73 Å². The second-order valence-corrected chi connectivity index (χ2v) is 17.7. The van der Waals surface area contributed by atoms with Crippen LogP contribution in [0.4, 0.5) is 0 Å². The Bertz CT molecular complexity index is 1680. The smallest absolute Gasteiger partial charge is 0.311 e. The lowest BCUT2D eigenvalue weighted by molar-refractivity contribution is -0.317. The molecule has 374 valence electrons. The van der Waals surface area contributed by atoms with E-state index in [0.717, 1.165) is 0 Å². The minimum atomic E-state index is -1.78. The minimum absolute atomic E-state index is 0.0813. The molecule has 19 atom stereocenters. The van der Waals surface area contributed by atoms with Crippen LogP contribution in [-0.4, -0.2) is 168 Å². The number of hydrogen-bond donors (Lipinski definition) is 11. The third kappa shape index (κ3) is 18.2. The number of carboxylic acids is 1. The van der Waals surface area contributed by atoms with Crippen molar-refractivity contribution < 1.29 is 84.3 Å². The molecule has 3 aliphatic rings. The fraction of sp³-hybridized carbons (Fsp3) is 0.667. The average molecular weight is 938 g/mol. The summed E-state index contributed by atoms with van der Waals surface area (Å²) in [5.41, 5.74) is 6.05. The van der Waals surface area contributed by atoms with E-state index in [1.807, 2.05) is 37.3 Å². The van der Waals surface area contributed by atoms with E-state index in [0.29, 0.717) is 0 Å². The molecule has 0 saturated carbocycles. The Morgan fingerprint density at radius 2 is 1.24 bits per heavy atom. The second-order valence-electron chi connectivity index (χ2n) is 17.7. The van der Waals surface area contributed by atoms with E-state index in [2.05, 4.69) is 0 Å². The molecule has 2 bridgehead atoms. The maximum absolute atomic E-state index is 12.6. The van der Waals surface area contributed by atoms with E-state index >= 15 is 0 Å². The van der Waals surface area contributed by atoms with Crippen LogP contribution in [0.25, 0.3) is 0 Å². The number of carbonyl (C=O) groups excluding carboxylic acids is 1. The quantitative estimate of drug-likeness (QED) is 0.177. The summed E-state index contributed by atoms with van der Waals surface area (Å²) in [6.45, 7) is 6.79. The summed E-state index contributed by atoms with van der Waals surface area (Å²) in [6, 6.07) is -1.13. The van der Waals surface area contributed by atoms with Crippen molar-refractivity contribution in [3.63, 3.8) is 0 Å². The summed E-state index contributed by atoms with van der Waals surface area (Å²) < 4.78 is 29.3. The number of methoxy groups -OCH3 is 1. The lowest BCUT2D eigenvalue weighted by Gasteiger charge is -2.47. The monoisotopic (exact) mass is 938 g/mol. The highest BCUT2D eigenvalue weighted by atomic mass is 16.7. The van der Waals surface area contributed by atoms with Gasteiger partial charge in [-0.25, -0.2) is 0 Å². The van der Waals surface area contributed by atoms with Gasteiger partial charge >= 0.3 is 11.9 Å². The molecule has 0 aromatic carbocycles. The van der Waals surface area contributed by atoms with Gasteiger partial charge in [0, 0.05) is 44.6 Å². The number of esters is 1. The van der Waals surface area contributed by atoms with Crippen molar-refractivity contribution >= 4 is 11.9 Å². The number of ether oxygens (including phenoxy) is 5. The summed E-state index contributed by atoms with van der Waals surface area (Å²) >= 11 is 0. The van der Waals surface area contributed by atoms with Gasteiger partial charge in [-0.1, -0.05) is 98.9 Å². The predicted molar refractivity (Wildman–Crippen MR) is 242 cm³/mol. The summed E-state index contributed by atoms with van der Waals surface area (Å²) in [4.78, 5) is 25.2. The van der Waals surface area contributed by atoms with E-state index in [-0.39, 0.29) is 38.0 Å². The van der Waals surface area contributed by atoms with Gasteiger partial charge in [0.1, 0.15) is 18.1 Å². The number of rotatable bonds is 4. The SMILES string of the molecule is CO[C@]12C[C@@H](O)C[C@@H](O)[C@H](O)CC[C@@H](O)C[C@@H](O)CC(=O)O[C@@H](C)[C@H](C)[C@H](O)[C@@H](C)C=CC=CC=CC=CC=CC=CC=C[C@H](O[C@@H]3O[C@H](C)[C@@H](O)[C@H](N)[C@@H]3O)C[C@H](O1)[C@H](C(=O)O)[C@@H](O)C2. The summed E-state index contributed by atoms with van der Waals surface area (Å²) in [7, 11) is 1.25.